The third-order valence-corrected chi connectivity index (χ3v) is 3.23. The minimum Gasteiger partial charge on any atom is -0.315 e. The van der Waals surface area contributed by atoms with E-state index in [4.69, 9.17) is 11.6 Å². The second-order valence-corrected chi connectivity index (χ2v) is 4.67. The number of rotatable bonds is 3. The molecule has 5 nitrogen and oxygen atoms in total. The zero-order chi connectivity index (χ0) is 12.3. The molecule has 6 heteroatoms. The van der Waals surface area contributed by atoms with Crippen LogP contribution in [0.2, 0.25) is 5.02 Å². The minimum atomic E-state index is 0.0388. The van der Waals surface area contributed by atoms with Gasteiger partial charge in [0.15, 0.2) is 5.78 Å². The van der Waals surface area contributed by atoms with Gasteiger partial charge in [0.1, 0.15) is 5.69 Å². The van der Waals surface area contributed by atoms with Crippen molar-refractivity contribution in [1.29, 1.82) is 0 Å². The number of hydrogen-bond acceptors (Lipinski definition) is 4. The lowest BCUT2D eigenvalue weighted by molar-refractivity contribution is 0.0926. The predicted octanol–water partition coefficient (Wildman–Crippen LogP) is 0.551. The lowest BCUT2D eigenvalue weighted by Crippen LogP contribution is -2.33. The minimum absolute atomic E-state index is 0.0388. The molecular weight excluding hydrogens is 240 g/mol. The Bertz CT molecular complexity index is 377. The maximum Gasteiger partial charge on any atom is 0.196 e. The Morgan fingerprint density at radius 1 is 1.53 bits per heavy atom. The monoisotopic (exact) mass is 256 g/mol. The van der Waals surface area contributed by atoms with Gasteiger partial charge in [-0.15, -0.1) is 0 Å². The van der Waals surface area contributed by atoms with E-state index in [9.17, 15) is 4.79 Å². The van der Waals surface area contributed by atoms with Gasteiger partial charge in [-0.3, -0.25) is 14.4 Å². The Morgan fingerprint density at radius 2 is 2.35 bits per heavy atom. The molecule has 1 aliphatic heterocycles. The lowest BCUT2D eigenvalue weighted by Gasteiger charge is -2.18. The van der Waals surface area contributed by atoms with Crippen molar-refractivity contribution in [2.45, 2.75) is 6.42 Å². The maximum absolute atomic E-state index is 12.1. The first-order valence-corrected chi connectivity index (χ1v) is 6.20. The number of carbonyl (C=O) groups is 1. The molecule has 1 aromatic rings. The Labute approximate surface area is 106 Å². The first-order valence-electron chi connectivity index (χ1n) is 5.82. The number of nitrogens with one attached hydrogen (secondary N) is 1. The average Bonchev–Trinajstić information content (AvgIpc) is 2.53. The van der Waals surface area contributed by atoms with E-state index in [0.29, 0.717) is 17.3 Å². The van der Waals surface area contributed by atoms with Crippen LogP contribution in [0.3, 0.4) is 0 Å². The second kappa shape index (κ2) is 5.62. The fraction of sp³-hybridized carbons (Fsp3) is 0.636. The highest BCUT2D eigenvalue weighted by Gasteiger charge is 2.19. The molecule has 0 saturated carbocycles. The van der Waals surface area contributed by atoms with Crippen LogP contribution in [0.1, 0.15) is 16.9 Å². The molecule has 1 fully saturated rings. The summed E-state index contributed by atoms with van der Waals surface area (Å²) in [4.78, 5) is 14.3. The molecule has 2 rings (SSSR count). The summed E-state index contributed by atoms with van der Waals surface area (Å²) in [7, 11) is 1.74. The van der Waals surface area contributed by atoms with Gasteiger partial charge in [0.25, 0.3) is 0 Å². The highest BCUT2D eigenvalue weighted by atomic mass is 35.5. The number of aryl methyl sites for hydroxylation is 1. The number of Topliss-reactive ketones (excluding diaryl/α,β-unsaturated/α-hetero) is 1. The normalized spacial score (nSPS) is 18.0. The zero-order valence-corrected chi connectivity index (χ0v) is 10.7. The smallest absolute Gasteiger partial charge is 0.196 e. The third-order valence-electron chi connectivity index (χ3n) is 2.96. The van der Waals surface area contributed by atoms with Crippen molar-refractivity contribution in [2.24, 2.45) is 7.05 Å². The molecular formula is C11H17ClN4O. The molecule has 94 valence electrons. The average molecular weight is 257 g/mol. The van der Waals surface area contributed by atoms with E-state index < -0.39 is 0 Å². The van der Waals surface area contributed by atoms with Gasteiger partial charge in [0, 0.05) is 20.1 Å². The van der Waals surface area contributed by atoms with E-state index in [1.165, 1.54) is 6.20 Å². The van der Waals surface area contributed by atoms with Crippen LogP contribution in [0.25, 0.3) is 0 Å². The fourth-order valence-electron chi connectivity index (χ4n) is 2.06. The molecule has 0 amide bonds. The van der Waals surface area contributed by atoms with E-state index in [1.807, 2.05) is 0 Å². The van der Waals surface area contributed by atoms with Crippen LogP contribution < -0.4 is 5.32 Å². The first kappa shape index (κ1) is 12.5. The van der Waals surface area contributed by atoms with Crippen molar-refractivity contribution in [3.8, 4) is 0 Å². The van der Waals surface area contributed by atoms with Crippen molar-refractivity contribution in [2.75, 3.05) is 32.7 Å². The molecule has 2 heterocycles. The topological polar surface area (TPSA) is 50.2 Å². The molecule has 17 heavy (non-hydrogen) atoms. The van der Waals surface area contributed by atoms with Crippen molar-refractivity contribution < 1.29 is 4.79 Å². The maximum atomic E-state index is 12.1. The van der Waals surface area contributed by atoms with Gasteiger partial charge in [-0.05, 0) is 19.5 Å². The van der Waals surface area contributed by atoms with Crippen LogP contribution in [0.4, 0.5) is 0 Å². The van der Waals surface area contributed by atoms with Crippen molar-refractivity contribution in [1.82, 2.24) is 20.0 Å². The number of aromatic nitrogens is 2. The Balaban J connectivity index is 2.01. The summed E-state index contributed by atoms with van der Waals surface area (Å²) in [6, 6.07) is 0. The molecule has 1 saturated heterocycles. The first-order chi connectivity index (χ1) is 8.18. The number of hydrogen-bond donors (Lipinski definition) is 1. The molecule has 0 aliphatic carbocycles. The molecule has 0 atom stereocenters. The molecule has 0 radical (unpaired) electrons. The van der Waals surface area contributed by atoms with E-state index in [0.717, 1.165) is 32.6 Å². The van der Waals surface area contributed by atoms with Crippen molar-refractivity contribution in [3.63, 3.8) is 0 Å². The Morgan fingerprint density at radius 3 is 3.06 bits per heavy atom. The van der Waals surface area contributed by atoms with E-state index in [1.54, 1.807) is 11.7 Å². The van der Waals surface area contributed by atoms with Gasteiger partial charge in [-0.25, -0.2) is 0 Å². The van der Waals surface area contributed by atoms with E-state index >= 15 is 0 Å². The molecule has 1 N–H and O–H groups in total. The largest absolute Gasteiger partial charge is 0.315 e. The van der Waals surface area contributed by atoms with Gasteiger partial charge in [0.2, 0.25) is 0 Å². The molecule has 1 aliphatic rings. The van der Waals surface area contributed by atoms with Crippen molar-refractivity contribution >= 4 is 17.4 Å². The summed E-state index contributed by atoms with van der Waals surface area (Å²) < 4.78 is 1.54. The molecule has 1 aromatic heterocycles. The summed E-state index contributed by atoms with van der Waals surface area (Å²) >= 11 is 5.95. The van der Waals surface area contributed by atoms with Gasteiger partial charge in [0.05, 0.1) is 17.8 Å². The van der Waals surface area contributed by atoms with Gasteiger partial charge in [-0.2, -0.15) is 5.10 Å². The number of carbonyl (C=O) groups excluding carboxylic acids is 1. The molecule has 0 unspecified atom stereocenters. The summed E-state index contributed by atoms with van der Waals surface area (Å²) in [5, 5.41) is 7.73. The Hall–Kier alpha value is -0.910. The second-order valence-electron chi connectivity index (χ2n) is 4.27. The van der Waals surface area contributed by atoms with Crippen molar-refractivity contribution in [3.05, 3.63) is 16.9 Å². The Kier molecular flexibility index (Phi) is 4.15. The van der Waals surface area contributed by atoms with Crippen LogP contribution in [-0.2, 0) is 7.05 Å². The van der Waals surface area contributed by atoms with Gasteiger partial charge < -0.3 is 5.32 Å². The number of halogens is 1. The van der Waals surface area contributed by atoms with Crippen LogP contribution >= 0.6 is 11.6 Å². The van der Waals surface area contributed by atoms with Gasteiger partial charge >= 0.3 is 0 Å². The highest BCUT2D eigenvalue weighted by Crippen LogP contribution is 2.15. The fourth-order valence-corrected chi connectivity index (χ4v) is 2.33. The number of nitrogens with zero attached hydrogens (tertiary/aromatic N) is 3. The summed E-state index contributed by atoms with van der Waals surface area (Å²) in [6.07, 6.45) is 2.59. The predicted molar refractivity (Wildman–Crippen MR) is 66.5 cm³/mol. The molecule has 0 spiro atoms. The molecule has 0 bridgehead atoms. The summed E-state index contributed by atoms with van der Waals surface area (Å²) in [5.74, 6) is 0.0388. The van der Waals surface area contributed by atoms with Crippen LogP contribution in [0.15, 0.2) is 6.20 Å². The van der Waals surface area contributed by atoms with Crippen LogP contribution in [0.5, 0.6) is 0 Å². The lowest BCUT2D eigenvalue weighted by atomic mass is 10.2. The van der Waals surface area contributed by atoms with Crippen LogP contribution in [0, 0.1) is 0 Å². The van der Waals surface area contributed by atoms with Crippen LogP contribution in [-0.4, -0.2) is 53.2 Å². The SMILES string of the molecule is Cn1ncc(Cl)c1C(=O)CN1CCCNCC1. The third kappa shape index (κ3) is 3.06. The summed E-state index contributed by atoms with van der Waals surface area (Å²) in [5.41, 5.74) is 0.504. The quantitative estimate of drug-likeness (QED) is 0.803. The number of ketones is 1. The van der Waals surface area contributed by atoms with E-state index in [2.05, 4.69) is 15.3 Å². The molecule has 0 aromatic carbocycles. The summed E-state index contributed by atoms with van der Waals surface area (Å²) in [6.45, 7) is 4.24. The zero-order valence-electron chi connectivity index (χ0n) is 9.95. The standard InChI is InChI=1S/C11H17ClN4O/c1-15-11(9(12)7-14-15)10(17)8-16-5-2-3-13-4-6-16/h7,13H,2-6,8H2,1H3. The van der Waals surface area contributed by atoms with Gasteiger partial charge in [-0.1, -0.05) is 11.6 Å². The van der Waals surface area contributed by atoms with E-state index in [-0.39, 0.29) is 5.78 Å². The highest BCUT2D eigenvalue weighted by molar-refractivity contribution is 6.33.